The maximum Gasteiger partial charge on any atom is 0.261 e. The molecule has 2 aromatic rings. The van der Waals surface area contributed by atoms with Crippen LogP contribution in [0.4, 0.5) is 0 Å². The quantitative estimate of drug-likeness (QED) is 0.757. The van der Waals surface area contributed by atoms with Gasteiger partial charge in [0, 0.05) is 6.54 Å². The molecule has 1 amide bonds. The SMILES string of the molecule is CCOc1ccc(OCC(=O)N2CCCC2c2ccc(OC)cc2)cc1. The summed E-state index contributed by atoms with van der Waals surface area (Å²) in [5.41, 5.74) is 1.14. The molecule has 1 unspecified atom stereocenters. The van der Waals surface area contributed by atoms with Gasteiger partial charge in [0.05, 0.1) is 19.8 Å². The van der Waals surface area contributed by atoms with Crippen molar-refractivity contribution in [2.45, 2.75) is 25.8 Å². The van der Waals surface area contributed by atoms with E-state index in [-0.39, 0.29) is 18.6 Å². The minimum absolute atomic E-state index is 0.0113. The van der Waals surface area contributed by atoms with E-state index in [0.29, 0.717) is 12.4 Å². The third kappa shape index (κ3) is 4.28. The summed E-state index contributed by atoms with van der Waals surface area (Å²) in [6, 6.07) is 15.4. The molecule has 0 N–H and O–H groups in total. The first-order chi connectivity index (χ1) is 12.7. The van der Waals surface area contributed by atoms with Crippen LogP contribution >= 0.6 is 0 Å². The molecule has 1 heterocycles. The van der Waals surface area contributed by atoms with E-state index in [9.17, 15) is 4.79 Å². The van der Waals surface area contributed by atoms with Crippen LogP contribution in [-0.4, -0.2) is 37.7 Å². The van der Waals surface area contributed by atoms with Crippen LogP contribution in [0.3, 0.4) is 0 Å². The second kappa shape index (κ2) is 8.61. The molecule has 26 heavy (non-hydrogen) atoms. The van der Waals surface area contributed by atoms with Gasteiger partial charge in [0.2, 0.25) is 0 Å². The zero-order valence-corrected chi connectivity index (χ0v) is 15.3. The fraction of sp³-hybridized carbons (Fsp3) is 0.381. The Kier molecular flexibility index (Phi) is 6.00. The Labute approximate surface area is 154 Å². The van der Waals surface area contributed by atoms with Gasteiger partial charge in [-0.25, -0.2) is 0 Å². The Hall–Kier alpha value is -2.69. The predicted octanol–water partition coefficient (Wildman–Crippen LogP) is 3.84. The van der Waals surface area contributed by atoms with E-state index in [1.165, 1.54) is 0 Å². The number of hydrogen-bond donors (Lipinski definition) is 0. The van der Waals surface area contributed by atoms with Crippen LogP contribution < -0.4 is 14.2 Å². The summed E-state index contributed by atoms with van der Waals surface area (Å²) in [6.07, 6.45) is 1.98. The smallest absolute Gasteiger partial charge is 0.261 e. The van der Waals surface area contributed by atoms with Crippen LogP contribution in [0.2, 0.25) is 0 Å². The van der Waals surface area contributed by atoms with Gasteiger partial charge in [-0.3, -0.25) is 4.79 Å². The van der Waals surface area contributed by atoms with Gasteiger partial charge in [-0.2, -0.15) is 0 Å². The van der Waals surface area contributed by atoms with Crippen LogP contribution in [0.5, 0.6) is 17.2 Å². The molecule has 0 spiro atoms. The molecule has 5 nitrogen and oxygen atoms in total. The zero-order chi connectivity index (χ0) is 18.4. The van der Waals surface area contributed by atoms with Crippen molar-refractivity contribution in [3.8, 4) is 17.2 Å². The number of nitrogens with zero attached hydrogens (tertiary/aromatic N) is 1. The third-order valence-electron chi connectivity index (χ3n) is 4.57. The van der Waals surface area contributed by atoms with E-state index in [1.54, 1.807) is 7.11 Å². The summed E-state index contributed by atoms with van der Waals surface area (Å²) in [5.74, 6) is 2.30. The highest BCUT2D eigenvalue weighted by Crippen LogP contribution is 2.32. The molecular formula is C21H25NO4. The molecule has 0 bridgehead atoms. The first-order valence-corrected chi connectivity index (χ1v) is 9.00. The van der Waals surface area contributed by atoms with Crippen LogP contribution in [0, 0.1) is 0 Å². The molecule has 1 saturated heterocycles. The standard InChI is InChI=1S/C21H25NO4/c1-3-25-18-10-12-19(13-11-18)26-15-21(23)22-14-4-5-20(22)16-6-8-17(24-2)9-7-16/h6-13,20H,3-5,14-15H2,1-2H3. The second-order valence-corrected chi connectivity index (χ2v) is 6.21. The fourth-order valence-electron chi connectivity index (χ4n) is 3.26. The molecule has 3 rings (SSSR count). The highest BCUT2D eigenvalue weighted by molar-refractivity contribution is 5.78. The highest BCUT2D eigenvalue weighted by Gasteiger charge is 2.30. The number of carbonyl (C=O) groups is 1. The summed E-state index contributed by atoms with van der Waals surface area (Å²) in [5, 5.41) is 0. The Bertz CT molecular complexity index is 712. The normalized spacial score (nSPS) is 16.4. The van der Waals surface area contributed by atoms with Crippen molar-refractivity contribution in [2.75, 3.05) is 26.9 Å². The van der Waals surface area contributed by atoms with E-state index < -0.39 is 0 Å². The van der Waals surface area contributed by atoms with E-state index in [0.717, 1.165) is 36.4 Å². The van der Waals surface area contributed by atoms with Gasteiger partial charge in [0.15, 0.2) is 6.61 Å². The summed E-state index contributed by atoms with van der Waals surface area (Å²) < 4.78 is 16.3. The second-order valence-electron chi connectivity index (χ2n) is 6.21. The Balaban J connectivity index is 1.59. The van der Waals surface area contributed by atoms with Crippen LogP contribution in [0.1, 0.15) is 31.4 Å². The third-order valence-corrected chi connectivity index (χ3v) is 4.57. The average Bonchev–Trinajstić information content (AvgIpc) is 3.17. The molecule has 2 aromatic carbocycles. The number of hydrogen-bond acceptors (Lipinski definition) is 4. The molecular weight excluding hydrogens is 330 g/mol. The van der Waals surface area contributed by atoms with Crippen LogP contribution in [0.25, 0.3) is 0 Å². The maximum absolute atomic E-state index is 12.6. The largest absolute Gasteiger partial charge is 0.497 e. The Morgan fingerprint density at radius 1 is 1.00 bits per heavy atom. The number of ether oxygens (including phenoxy) is 3. The van der Waals surface area contributed by atoms with E-state index >= 15 is 0 Å². The summed E-state index contributed by atoms with van der Waals surface area (Å²) >= 11 is 0. The average molecular weight is 355 g/mol. The van der Waals surface area contributed by atoms with Crippen LogP contribution in [0.15, 0.2) is 48.5 Å². The maximum atomic E-state index is 12.6. The highest BCUT2D eigenvalue weighted by atomic mass is 16.5. The number of carbonyl (C=O) groups excluding carboxylic acids is 1. The molecule has 1 aliphatic heterocycles. The Morgan fingerprint density at radius 2 is 1.62 bits per heavy atom. The van der Waals surface area contributed by atoms with Gasteiger partial charge in [0.25, 0.3) is 5.91 Å². The van der Waals surface area contributed by atoms with Gasteiger partial charge in [-0.15, -0.1) is 0 Å². The molecule has 0 aliphatic carbocycles. The summed E-state index contributed by atoms with van der Waals surface area (Å²) in [6.45, 7) is 3.38. The fourth-order valence-corrected chi connectivity index (χ4v) is 3.26. The van der Waals surface area contributed by atoms with Crippen molar-refractivity contribution in [1.82, 2.24) is 4.90 Å². The summed E-state index contributed by atoms with van der Waals surface area (Å²) in [7, 11) is 1.65. The molecule has 1 fully saturated rings. The molecule has 0 radical (unpaired) electrons. The van der Waals surface area contributed by atoms with Crippen molar-refractivity contribution >= 4 is 5.91 Å². The summed E-state index contributed by atoms with van der Waals surface area (Å²) in [4.78, 5) is 14.6. The van der Waals surface area contributed by atoms with E-state index in [2.05, 4.69) is 0 Å². The number of likely N-dealkylation sites (tertiary alicyclic amines) is 1. The topological polar surface area (TPSA) is 48.0 Å². The van der Waals surface area contributed by atoms with Crippen molar-refractivity contribution in [3.63, 3.8) is 0 Å². The Morgan fingerprint density at radius 3 is 2.23 bits per heavy atom. The molecule has 138 valence electrons. The molecule has 5 heteroatoms. The lowest BCUT2D eigenvalue weighted by Gasteiger charge is -2.25. The molecule has 1 aliphatic rings. The first-order valence-electron chi connectivity index (χ1n) is 9.00. The van der Waals surface area contributed by atoms with Gasteiger partial charge < -0.3 is 19.1 Å². The van der Waals surface area contributed by atoms with Gasteiger partial charge in [-0.05, 0) is 61.7 Å². The van der Waals surface area contributed by atoms with Crippen molar-refractivity contribution in [2.24, 2.45) is 0 Å². The lowest BCUT2D eigenvalue weighted by Crippen LogP contribution is -2.34. The predicted molar refractivity (Wildman–Crippen MR) is 99.8 cm³/mol. The number of benzene rings is 2. The van der Waals surface area contributed by atoms with Crippen molar-refractivity contribution in [1.29, 1.82) is 0 Å². The monoisotopic (exact) mass is 355 g/mol. The first kappa shape index (κ1) is 18.1. The lowest BCUT2D eigenvalue weighted by atomic mass is 10.0. The molecule has 0 saturated carbocycles. The van der Waals surface area contributed by atoms with Gasteiger partial charge in [0.1, 0.15) is 17.2 Å². The van der Waals surface area contributed by atoms with Crippen molar-refractivity contribution < 1.29 is 19.0 Å². The van der Waals surface area contributed by atoms with Crippen LogP contribution in [-0.2, 0) is 4.79 Å². The molecule has 0 aromatic heterocycles. The number of methoxy groups -OCH3 is 1. The van der Waals surface area contributed by atoms with Gasteiger partial charge in [-0.1, -0.05) is 12.1 Å². The molecule has 1 atom stereocenters. The number of rotatable bonds is 7. The minimum Gasteiger partial charge on any atom is -0.497 e. The van der Waals surface area contributed by atoms with Crippen molar-refractivity contribution in [3.05, 3.63) is 54.1 Å². The van der Waals surface area contributed by atoms with Gasteiger partial charge >= 0.3 is 0 Å². The minimum atomic E-state index is 0.0113. The van der Waals surface area contributed by atoms with E-state index in [1.807, 2.05) is 60.4 Å². The lowest BCUT2D eigenvalue weighted by molar-refractivity contribution is -0.134. The number of amides is 1. The van der Waals surface area contributed by atoms with E-state index in [4.69, 9.17) is 14.2 Å². The zero-order valence-electron chi connectivity index (χ0n) is 15.3.